The molecular formula is C37H47F3N10O10. The number of azide groups is 1. The topological polar surface area (TPSA) is 270 Å². The Hall–Kier alpha value is -6.03. The average Bonchev–Trinajstić information content (AvgIpc) is 3.22. The number of nitrogens with zero attached hydrogens (tertiary/aromatic N) is 7. The molecule has 1 aromatic carbocycles. The number of esters is 1. The van der Waals surface area contributed by atoms with Crippen molar-refractivity contribution >= 4 is 52.3 Å². The Morgan fingerprint density at radius 1 is 0.933 bits per heavy atom. The predicted molar refractivity (Wildman–Crippen MR) is 208 cm³/mol. The molecule has 1 atom stereocenters. The number of unbranched alkanes of at least 4 members (excludes halogenated alkanes) is 1. The Kier molecular flexibility index (Phi) is 20.0. The van der Waals surface area contributed by atoms with Crippen molar-refractivity contribution in [2.45, 2.75) is 71.1 Å². The van der Waals surface area contributed by atoms with Crippen molar-refractivity contribution < 1.29 is 56.1 Å². The normalized spacial score (nSPS) is 11.8. The van der Waals surface area contributed by atoms with E-state index >= 15 is 0 Å². The molecule has 326 valence electrons. The van der Waals surface area contributed by atoms with E-state index in [2.05, 4.69) is 40.6 Å². The number of nitrogens with one attached hydrogen (secondary N) is 3. The van der Waals surface area contributed by atoms with Gasteiger partial charge in [-0.05, 0) is 55.5 Å². The number of Topliss-reactive ketones (excluding diaryl/α,β-unsaturated/α-hetero) is 1. The number of fused-ring (bicyclic) bond motifs is 1. The van der Waals surface area contributed by atoms with Crippen LogP contribution < -0.4 is 21.1 Å². The maximum absolute atomic E-state index is 13.7. The minimum absolute atomic E-state index is 0.0503. The number of carbonyl (C=O) groups excluding carboxylic acids is 5. The molecule has 2 aromatic heterocycles. The van der Waals surface area contributed by atoms with Crippen molar-refractivity contribution in [3.8, 4) is 0 Å². The molecule has 0 radical (unpaired) electrons. The summed E-state index contributed by atoms with van der Waals surface area (Å²) in [5.74, 6) is -5.13. The average molecular weight is 849 g/mol. The second kappa shape index (κ2) is 24.8. The molecule has 3 amide bonds. The van der Waals surface area contributed by atoms with E-state index in [9.17, 15) is 41.9 Å². The lowest BCUT2D eigenvalue weighted by atomic mass is 10.0. The van der Waals surface area contributed by atoms with Crippen LogP contribution in [0.3, 0.4) is 0 Å². The van der Waals surface area contributed by atoms with E-state index in [4.69, 9.17) is 24.5 Å². The summed E-state index contributed by atoms with van der Waals surface area (Å²) in [7, 11) is 1.11. The summed E-state index contributed by atoms with van der Waals surface area (Å²) in [6, 6.07) is 3.21. The predicted octanol–water partition coefficient (Wildman–Crippen LogP) is 3.94. The molecule has 0 aliphatic rings. The molecule has 0 saturated carbocycles. The van der Waals surface area contributed by atoms with Crippen LogP contribution in [0.2, 0.25) is 0 Å². The second-order valence-corrected chi connectivity index (χ2v) is 13.3. The van der Waals surface area contributed by atoms with Crippen LogP contribution in [-0.2, 0) is 44.7 Å². The second-order valence-electron chi connectivity index (χ2n) is 13.3. The van der Waals surface area contributed by atoms with Crippen LogP contribution in [0.15, 0.2) is 40.4 Å². The van der Waals surface area contributed by atoms with Crippen molar-refractivity contribution in [3.63, 3.8) is 0 Å². The summed E-state index contributed by atoms with van der Waals surface area (Å²) in [6.07, 6.45) is -2.46. The third-order valence-electron chi connectivity index (χ3n) is 8.33. The number of aromatic nitrogens is 4. The number of aromatic amines is 1. The molecular weight excluding hydrogens is 801 g/mol. The van der Waals surface area contributed by atoms with Crippen LogP contribution >= 0.6 is 0 Å². The molecule has 0 aliphatic carbocycles. The van der Waals surface area contributed by atoms with Crippen molar-refractivity contribution in [2.75, 3.05) is 63.5 Å². The summed E-state index contributed by atoms with van der Waals surface area (Å²) in [5.41, 5.74) is 6.21. The molecule has 0 spiro atoms. The van der Waals surface area contributed by atoms with Gasteiger partial charge in [-0.2, -0.15) is 18.2 Å². The number of H-pyrrole nitrogens is 1. The molecule has 0 bridgehead atoms. The van der Waals surface area contributed by atoms with E-state index in [1.807, 2.05) is 0 Å². The Labute approximate surface area is 341 Å². The van der Waals surface area contributed by atoms with Gasteiger partial charge in [-0.25, -0.2) is 14.8 Å². The van der Waals surface area contributed by atoms with Crippen molar-refractivity contribution in [1.29, 1.82) is 0 Å². The number of anilines is 2. The number of methoxy groups -OCH3 is 1. The third kappa shape index (κ3) is 16.3. The van der Waals surface area contributed by atoms with Gasteiger partial charge in [-0.15, -0.1) is 0 Å². The third-order valence-corrected chi connectivity index (χ3v) is 8.33. The highest BCUT2D eigenvalue weighted by Crippen LogP contribution is 2.26. The largest absolute Gasteiger partial charge is 0.471 e. The molecule has 0 saturated heterocycles. The first-order valence-electron chi connectivity index (χ1n) is 18.8. The van der Waals surface area contributed by atoms with Gasteiger partial charge in [0.15, 0.2) is 11.2 Å². The van der Waals surface area contributed by atoms with Gasteiger partial charge in [-0.3, -0.25) is 39.2 Å². The number of halogens is 3. The lowest BCUT2D eigenvalue weighted by Gasteiger charge is -2.24. The number of hydrogen-bond donors (Lipinski definition) is 3. The number of rotatable bonds is 26. The standard InChI is InChI=1S/C37H47F3N10O10/c1-23(2)31(52)47-36-46-30-29(33(54)48-36)44-25(21-42-30)22-50(35(56)37(38,39)40)26-10-8-24(9-11-26)32(53)45-28(34(55)57-3)13-12-27(51)7-4-5-15-58-17-19-60-20-18-59-16-6-14-43-49-41/h8-11,21,23,28H,4-7,12-20,22H2,1-3H3,(H,45,53)(H2,42,46,47,48,52,54)/t28-/m0/s1. The fourth-order valence-corrected chi connectivity index (χ4v) is 5.15. The molecule has 23 heteroatoms. The summed E-state index contributed by atoms with van der Waals surface area (Å²) in [6.45, 7) is 5.24. The maximum Gasteiger partial charge on any atom is 0.471 e. The number of carbonyl (C=O) groups is 5. The van der Waals surface area contributed by atoms with Gasteiger partial charge in [0.25, 0.3) is 11.5 Å². The number of amides is 3. The highest BCUT2D eigenvalue weighted by atomic mass is 19.4. The lowest BCUT2D eigenvalue weighted by molar-refractivity contribution is -0.170. The van der Waals surface area contributed by atoms with Gasteiger partial charge in [0.1, 0.15) is 11.8 Å². The SMILES string of the molecule is COC(=O)[C@H](CCC(=O)CCCCOCCOCCOCCCN=[N+]=[N-])NC(=O)c1ccc(N(Cc2cnc3nc(NC(=O)C(C)C)[nH]c(=O)c3n2)C(=O)C(F)(F)F)cc1. The Morgan fingerprint density at radius 3 is 2.20 bits per heavy atom. The zero-order valence-electron chi connectivity index (χ0n) is 33.3. The van der Waals surface area contributed by atoms with Crippen LogP contribution in [0.25, 0.3) is 21.6 Å². The Balaban J connectivity index is 1.52. The number of hydrogen-bond acceptors (Lipinski definition) is 14. The van der Waals surface area contributed by atoms with E-state index in [0.717, 1.165) is 37.6 Å². The van der Waals surface area contributed by atoms with Crippen molar-refractivity contribution in [1.82, 2.24) is 25.3 Å². The first-order valence-corrected chi connectivity index (χ1v) is 18.8. The molecule has 0 aliphatic heterocycles. The van der Waals surface area contributed by atoms with Gasteiger partial charge in [-0.1, -0.05) is 19.0 Å². The smallest absolute Gasteiger partial charge is 0.467 e. The van der Waals surface area contributed by atoms with Gasteiger partial charge in [0, 0.05) is 54.7 Å². The highest BCUT2D eigenvalue weighted by molar-refractivity contribution is 5.99. The fourth-order valence-electron chi connectivity index (χ4n) is 5.15. The maximum atomic E-state index is 13.7. The summed E-state index contributed by atoms with van der Waals surface area (Å²) in [5, 5.41) is 8.30. The van der Waals surface area contributed by atoms with Crippen LogP contribution in [0.5, 0.6) is 0 Å². The van der Waals surface area contributed by atoms with E-state index in [0.29, 0.717) is 70.3 Å². The zero-order chi connectivity index (χ0) is 44.1. The minimum Gasteiger partial charge on any atom is -0.467 e. The summed E-state index contributed by atoms with van der Waals surface area (Å²) >= 11 is 0. The molecule has 3 N–H and O–H groups in total. The molecule has 2 heterocycles. The fraction of sp³-hybridized carbons (Fsp3) is 0.541. The van der Waals surface area contributed by atoms with E-state index in [1.54, 1.807) is 13.8 Å². The molecule has 3 aromatic rings. The Bertz CT molecular complexity index is 2030. The van der Waals surface area contributed by atoms with E-state index in [1.165, 1.54) is 0 Å². The van der Waals surface area contributed by atoms with Gasteiger partial charge in [0.2, 0.25) is 11.9 Å². The van der Waals surface area contributed by atoms with E-state index in [-0.39, 0.29) is 59.1 Å². The van der Waals surface area contributed by atoms with Crippen LogP contribution in [-0.4, -0.2) is 115 Å². The molecule has 60 heavy (non-hydrogen) atoms. The quantitative estimate of drug-likeness (QED) is 0.0340. The van der Waals surface area contributed by atoms with Crippen LogP contribution in [0.4, 0.5) is 24.8 Å². The molecule has 0 fully saturated rings. The van der Waals surface area contributed by atoms with Gasteiger partial charge in [0.05, 0.1) is 52.0 Å². The van der Waals surface area contributed by atoms with E-state index < -0.39 is 53.9 Å². The monoisotopic (exact) mass is 848 g/mol. The molecule has 20 nitrogen and oxygen atoms in total. The first kappa shape index (κ1) is 48.3. The zero-order valence-corrected chi connectivity index (χ0v) is 33.3. The number of ketones is 1. The first-order chi connectivity index (χ1) is 28.6. The highest BCUT2D eigenvalue weighted by Gasteiger charge is 2.43. The minimum atomic E-state index is -5.33. The molecule has 3 rings (SSSR count). The van der Waals surface area contributed by atoms with Crippen LogP contribution in [0, 0.1) is 5.92 Å². The summed E-state index contributed by atoms with van der Waals surface area (Å²) < 4.78 is 62.2. The number of alkyl halides is 3. The molecule has 0 unspecified atom stereocenters. The van der Waals surface area contributed by atoms with Gasteiger partial charge < -0.3 is 24.3 Å². The lowest BCUT2D eigenvalue weighted by Crippen LogP contribution is -2.42. The summed E-state index contributed by atoms with van der Waals surface area (Å²) in [4.78, 5) is 92.7. The number of benzene rings is 1. The van der Waals surface area contributed by atoms with Crippen LogP contribution in [0.1, 0.15) is 68.4 Å². The van der Waals surface area contributed by atoms with Crippen molar-refractivity contribution in [3.05, 3.63) is 62.5 Å². The number of ether oxygens (including phenoxy) is 4. The Morgan fingerprint density at radius 2 is 1.58 bits per heavy atom. The van der Waals surface area contributed by atoms with Crippen molar-refractivity contribution in [2.24, 2.45) is 11.0 Å². The van der Waals surface area contributed by atoms with Gasteiger partial charge >= 0.3 is 18.1 Å².